The van der Waals surface area contributed by atoms with Crippen LogP contribution in [0.5, 0.6) is 0 Å². The van der Waals surface area contributed by atoms with Crippen LogP contribution in [0.25, 0.3) is 0 Å². The Bertz CT molecular complexity index is 755. The van der Waals surface area contributed by atoms with Crippen molar-refractivity contribution in [2.75, 3.05) is 19.6 Å². The molecule has 6 heteroatoms. The Morgan fingerprint density at radius 2 is 1.96 bits per heavy atom. The van der Waals surface area contributed by atoms with Gasteiger partial charge in [-0.25, -0.2) is 0 Å². The van der Waals surface area contributed by atoms with Gasteiger partial charge in [-0.05, 0) is 55.8 Å². The van der Waals surface area contributed by atoms with Crippen molar-refractivity contribution in [2.24, 2.45) is 5.92 Å². The lowest BCUT2D eigenvalue weighted by molar-refractivity contribution is 0.0906. The van der Waals surface area contributed by atoms with Gasteiger partial charge in [0.25, 0.3) is 5.91 Å². The molecule has 0 radical (unpaired) electrons. The second-order valence-electron chi connectivity index (χ2n) is 8.26. The number of likely N-dealkylation sites (tertiary alicyclic amines) is 1. The number of rotatable bonds is 6. The van der Waals surface area contributed by atoms with E-state index in [1.54, 1.807) is 0 Å². The number of piperidine rings is 1. The van der Waals surface area contributed by atoms with Crippen LogP contribution in [0, 0.1) is 5.92 Å². The van der Waals surface area contributed by atoms with Crippen LogP contribution in [0.15, 0.2) is 35.1 Å². The summed E-state index contributed by atoms with van der Waals surface area (Å²) in [6.45, 7) is 3.70. The molecule has 1 saturated carbocycles. The molecule has 0 bridgehead atoms. The molecule has 3 heterocycles. The van der Waals surface area contributed by atoms with Gasteiger partial charge in [0.05, 0.1) is 5.69 Å². The molecule has 2 aromatic rings. The number of hydrogen-bond acceptors (Lipinski definition) is 5. The molecule has 4 rings (SSSR count). The van der Waals surface area contributed by atoms with Crippen molar-refractivity contribution in [1.82, 2.24) is 20.4 Å². The number of nitrogens with zero attached hydrogens (tertiary/aromatic N) is 3. The van der Waals surface area contributed by atoms with Crippen LogP contribution in [0.2, 0.25) is 0 Å². The summed E-state index contributed by atoms with van der Waals surface area (Å²) in [6.07, 6.45) is 12.2. The van der Waals surface area contributed by atoms with E-state index >= 15 is 0 Å². The molecule has 1 N–H and O–H groups in total. The molecule has 0 aromatic carbocycles. The van der Waals surface area contributed by atoms with Gasteiger partial charge < -0.3 is 9.84 Å². The molecule has 6 nitrogen and oxygen atoms in total. The first-order chi connectivity index (χ1) is 13.8. The van der Waals surface area contributed by atoms with E-state index in [9.17, 15) is 4.79 Å². The Balaban J connectivity index is 1.30. The average Bonchev–Trinajstić information content (AvgIpc) is 3.24. The van der Waals surface area contributed by atoms with Crippen LogP contribution >= 0.6 is 0 Å². The summed E-state index contributed by atoms with van der Waals surface area (Å²) in [6, 6.07) is 5.97. The minimum Gasteiger partial charge on any atom is -0.351 e. The third-order valence-electron chi connectivity index (χ3n) is 6.11. The number of carbonyl (C=O) groups excluding carboxylic acids is 1. The Labute approximate surface area is 166 Å². The molecule has 1 amide bonds. The van der Waals surface area contributed by atoms with Crippen LogP contribution in [-0.2, 0) is 6.54 Å². The molecular weight excluding hydrogens is 352 g/mol. The molecular formula is C22H30N4O2. The van der Waals surface area contributed by atoms with E-state index in [-0.39, 0.29) is 5.91 Å². The van der Waals surface area contributed by atoms with E-state index in [2.05, 4.69) is 32.5 Å². The van der Waals surface area contributed by atoms with Gasteiger partial charge in [0, 0.05) is 44.0 Å². The largest absolute Gasteiger partial charge is 0.351 e. The number of hydrogen-bond donors (Lipinski definition) is 1. The molecule has 1 aliphatic carbocycles. The van der Waals surface area contributed by atoms with Crippen LogP contribution < -0.4 is 5.32 Å². The third kappa shape index (κ3) is 4.98. The van der Waals surface area contributed by atoms with Gasteiger partial charge >= 0.3 is 0 Å². The van der Waals surface area contributed by atoms with E-state index in [1.165, 1.54) is 37.7 Å². The fraction of sp³-hybridized carbons (Fsp3) is 0.591. The van der Waals surface area contributed by atoms with Crippen LogP contribution in [-0.4, -0.2) is 40.6 Å². The Morgan fingerprint density at radius 3 is 2.79 bits per heavy atom. The lowest BCUT2D eigenvalue weighted by Gasteiger charge is -2.31. The first-order valence-corrected chi connectivity index (χ1v) is 10.6. The van der Waals surface area contributed by atoms with Gasteiger partial charge in [-0.1, -0.05) is 24.4 Å². The second-order valence-corrected chi connectivity index (χ2v) is 8.26. The summed E-state index contributed by atoms with van der Waals surface area (Å²) >= 11 is 0. The molecule has 2 aromatic heterocycles. The highest BCUT2D eigenvalue weighted by molar-refractivity contribution is 5.91. The number of nitrogens with one attached hydrogen (secondary N) is 1. The fourth-order valence-corrected chi connectivity index (χ4v) is 4.49. The average molecular weight is 383 g/mol. The molecule has 28 heavy (non-hydrogen) atoms. The lowest BCUT2D eigenvalue weighted by Crippen LogP contribution is -2.34. The molecule has 2 fully saturated rings. The van der Waals surface area contributed by atoms with Crippen molar-refractivity contribution in [1.29, 1.82) is 0 Å². The highest BCUT2D eigenvalue weighted by Gasteiger charge is 2.25. The second kappa shape index (κ2) is 9.32. The molecule has 2 aliphatic rings. The van der Waals surface area contributed by atoms with Crippen molar-refractivity contribution in [3.8, 4) is 0 Å². The maximum absolute atomic E-state index is 12.4. The summed E-state index contributed by atoms with van der Waals surface area (Å²) in [4.78, 5) is 19.0. The van der Waals surface area contributed by atoms with Crippen molar-refractivity contribution < 1.29 is 9.32 Å². The van der Waals surface area contributed by atoms with E-state index in [0.717, 1.165) is 44.7 Å². The monoisotopic (exact) mass is 382 g/mol. The zero-order chi connectivity index (χ0) is 19.2. The minimum atomic E-state index is -0.131. The first kappa shape index (κ1) is 19.1. The molecule has 0 spiro atoms. The van der Waals surface area contributed by atoms with Crippen molar-refractivity contribution >= 4 is 5.91 Å². The predicted molar refractivity (Wildman–Crippen MR) is 107 cm³/mol. The lowest BCUT2D eigenvalue weighted by atomic mass is 9.89. The van der Waals surface area contributed by atoms with Gasteiger partial charge in [-0.15, -0.1) is 0 Å². The molecule has 1 saturated heterocycles. The third-order valence-corrected chi connectivity index (χ3v) is 6.11. The van der Waals surface area contributed by atoms with E-state index in [0.29, 0.717) is 17.6 Å². The van der Waals surface area contributed by atoms with E-state index in [1.807, 2.05) is 18.5 Å². The van der Waals surface area contributed by atoms with Crippen LogP contribution in [0.1, 0.15) is 72.7 Å². The Morgan fingerprint density at radius 1 is 1.14 bits per heavy atom. The van der Waals surface area contributed by atoms with Gasteiger partial charge in [0.15, 0.2) is 0 Å². The smallest absolute Gasteiger partial charge is 0.289 e. The first-order valence-electron chi connectivity index (χ1n) is 10.6. The predicted octanol–water partition coefficient (Wildman–Crippen LogP) is 3.76. The summed E-state index contributed by atoms with van der Waals surface area (Å²) in [7, 11) is 0. The molecule has 1 atom stereocenters. The number of amides is 1. The minimum absolute atomic E-state index is 0.131. The number of pyridine rings is 1. The standard InChI is InChI=1S/C22H30N4O2/c27-22(24-14-17-5-2-1-3-6-17)21-13-20(25-28-21)19-7-4-12-26(16-19)15-18-8-10-23-11-9-18/h8-11,13,17,19H,1-7,12,14-16H2,(H,24,27)/t19-/m1/s1. The quantitative estimate of drug-likeness (QED) is 0.824. The number of aromatic nitrogens is 2. The van der Waals surface area contributed by atoms with Crippen molar-refractivity contribution in [3.05, 3.63) is 47.6 Å². The summed E-state index contributed by atoms with van der Waals surface area (Å²) in [5.74, 6) is 1.14. The van der Waals surface area contributed by atoms with Gasteiger partial charge in [-0.3, -0.25) is 14.7 Å². The highest BCUT2D eigenvalue weighted by atomic mass is 16.5. The molecule has 1 aliphatic heterocycles. The maximum Gasteiger partial charge on any atom is 0.289 e. The zero-order valence-electron chi connectivity index (χ0n) is 16.5. The molecule has 150 valence electrons. The zero-order valence-corrected chi connectivity index (χ0v) is 16.5. The van der Waals surface area contributed by atoms with Gasteiger partial charge in [0.2, 0.25) is 5.76 Å². The Kier molecular flexibility index (Phi) is 6.37. The fourth-order valence-electron chi connectivity index (χ4n) is 4.49. The normalized spacial score (nSPS) is 21.5. The number of carbonyl (C=O) groups is 1. The summed E-state index contributed by atoms with van der Waals surface area (Å²) < 4.78 is 5.38. The Hall–Kier alpha value is -2.21. The van der Waals surface area contributed by atoms with E-state index < -0.39 is 0 Å². The highest BCUT2D eigenvalue weighted by Crippen LogP contribution is 2.28. The van der Waals surface area contributed by atoms with Crippen molar-refractivity contribution in [2.45, 2.75) is 57.4 Å². The SMILES string of the molecule is O=C(NCC1CCCCC1)c1cc([C@@H]2CCCN(Cc3ccncc3)C2)no1. The topological polar surface area (TPSA) is 71.3 Å². The van der Waals surface area contributed by atoms with Gasteiger partial charge in [-0.2, -0.15) is 0 Å². The summed E-state index contributed by atoms with van der Waals surface area (Å²) in [5.41, 5.74) is 2.18. The van der Waals surface area contributed by atoms with E-state index in [4.69, 9.17) is 4.52 Å². The van der Waals surface area contributed by atoms with Crippen LogP contribution in [0.3, 0.4) is 0 Å². The molecule has 0 unspecified atom stereocenters. The summed E-state index contributed by atoms with van der Waals surface area (Å²) in [5, 5.41) is 7.26. The van der Waals surface area contributed by atoms with Crippen molar-refractivity contribution in [3.63, 3.8) is 0 Å². The van der Waals surface area contributed by atoms with Gasteiger partial charge in [0.1, 0.15) is 0 Å². The maximum atomic E-state index is 12.4. The van der Waals surface area contributed by atoms with Crippen LogP contribution in [0.4, 0.5) is 0 Å².